The number of hydrogen-bond acceptors (Lipinski definition) is 3. The third-order valence-corrected chi connectivity index (χ3v) is 3.81. The highest BCUT2D eigenvalue weighted by Crippen LogP contribution is 2.24. The lowest BCUT2D eigenvalue weighted by Gasteiger charge is -2.02. The zero-order valence-electron chi connectivity index (χ0n) is 8.93. The van der Waals surface area contributed by atoms with Crippen LogP contribution in [0.25, 0.3) is 0 Å². The topological polar surface area (TPSA) is 36.7 Å². The van der Waals surface area contributed by atoms with Crippen LogP contribution in [0, 0.1) is 11.3 Å². The SMILES string of the molecule is N#Cc1cc(SCc2ccccc2)ncc1Br. The Labute approximate surface area is 113 Å². The number of hydrogen-bond donors (Lipinski definition) is 0. The number of nitrogens with zero attached hydrogens (tertiary/aromatic N) is 2. The molecule has 0 bridgehead atoms. The quantitative estimate of drug-likeness (QED) is 0.804. The van der Waals surface area contributed by atoms with Crippen LogP contribution in [0.4, 0.5) is 0 Å². The molecule has 0 saturated heterocycles. The van der Waals surface area contributed by atoms with E-state index in [-0.39, 0.29) is 0 Å². The maximum Gasteiger partial charge on any atom is 0.100 e. The molecule has 0 spiro atoms. The molecule has 0 unspecified atom stereocenters. The van der Waals surface area contributed by atoms with E-state index >= 15 is 0 Å². The van der Waals surface area contributed by atoms with Gasteiger partial charge in [-0.25, -0.2) is 4.98 Å². The van der Waals surface area contributed by atoms with Gasteiger partial charge in [0.05, 0.1) is 15.1 Å². The Morgan fingerprint density at radius 1 is 1.29 bits per heavy atom. The molecule has 0 aliphatic carbocycles. The molecule has 2 aromatic rings. The average molecular weight is 305 g/mol. The lowest BCUT2D eigenvalue weighted by molar-refractivity contribution is 1.11. The van der Waals surface area contributed by atoms with Crippen molar-refractivity contribution in [3.8, 4) is 6.07 Å². The van der Waals surface area contributed by atoms with Crippen LogP contribution in [0.3, 0.4) is 0 Å². The molecule has 2 nitrogen and oxygen atoms in total. The van der Waals surface area contributed by atoms with Gasteiger partial charge in [0.1, 0.15) is 6.07 Å². The van der Waals surface area contributed by atoms with Crippen LogP contribution in [0.5, 0.6) is 0 Å². The number of thioether (sulfide) groups is 1. The summed E-state index contributed by atoms with van der Waals surface area (Å²) in [4.78, 5) is 4.27. The van der Waals surface area contributed by atoms with Crippen molar-refractivity contribution in [1.82, 2.24) is 4.98 Å². The van der Waals surface area contributed by atoms with E-state index in [9.17, 15) is 0 Å². The minimum Gasteiger partial charge on any atom is -0.249 e. The molecule has 0 aliphatic rings. The molecule has 0 amide bonds. The first-order valence-electron chi connectivity index (χ1n) is 5.02. The molecule has 0 atom stereocenters. The van der Waals surface area contributed by atoms with E-state index in [1.807, 2.05) is 18.2 Å². The van der Waals surface area contributed by atoms with E-state index in [0.717, 1.165) is 15.3 Å². The van der Waals surface area contributed by atoms with Crippen molar-refractivity contribution in [2.75, 3.05) is 0 Å². The summed E-state index contributed by atoms with van der Waals surface area (Å²) in [6.45, 7) is 0. The third kappa shape index (κ3) is 3.32. The minimum absolute atomic E-state index is 0.621. The van der Waals surface area contributed by atoms with Crippen LogP contribution in [0.2, 0.25) is 0 Å². The van der Waals surface area contributed by atoms with E-state index in [4.69, 9.17) is 5.26 Å². The zero-order valence-corrected chi connectivity index (χ0v) is 11.3. The largest absolute Gasteiger partial charge is 0.249 e. The number of nitriles is 1. The number of halogens is 1. The summed E-state index contributed by atoms with van der Waals surface area (Å²) >= 11 is 4.92. The first kappa shape index (κ1) is 12.2. The summed E-state index contributed by atoms with van der Waals surface area (Å²) in [6, 6.07) is 14.1. The molecular formula is C13H9BrN2S. The van der Waals surface area contributed by atoms with Gasteiger partial charge in [-0.1, -0.05) is 30.3 Å². The highest BCUT2D eigenvalue weighted by Gasteiger charge is 2.03. The van der Waals surface area contributed by atoms with E-state index in [2.05, 4.69) is 39.1 Å². The van der Waals surface area contributed by atoms with Gasteiger partial charge in [-0.15, -0.1) is 11.8 Å². The predicted octanol–water partition coefficient (Wildman–Crippen LogP) is 4.01. The fraction of sp³-hybridized carbons (Fsp3) is 0.0769. The highest BCUT2D eigenvalue weighted by molar-refractivity contribution is 9.10. The number of rotatable bonds is 3. The predicted molar refractivity (Wildman–Crippen MR) is 72.7 cm³/mol. The normalized spacial score (nSPS) is 9.88. The summed E-state index contributed by atoms with van der Waals surface area (Å²) in [6.07, 6.45) is 1.67. The van der Waals surface area contributed by atoms with Crippen molar-refractivity contribution in [3.63, 3.8) is 0 Å². The van der Waals surface area contributed by atoms with E-state index in [0.29, 0.717) is 5.56 Å². The van der Waals surface area contributed by atoms with Crippen molar-refractivity contribution in [2.45, 2.75) is 10.8 Å². The van der Waals surface area contributed by atoms with Gasteiger partial charge in [-0.3, -0.25) is 0 Å². The third-order valence-electron chi connectivity index (χ3n) is 2.18. The molecular weight excluding hydrogens is 296 g/mol. The maximum atomic E-state index is 8.91. The molecule has 1 aromatic carbocycles. The van der Waals surface area contributed by atoms with Gasteiger partial charge in [-0.05, 0) is 27.6 Å². The molecule has 84 valence electrons. The monoisotopic (exact) mass is 304 g/mol. The average Bonchev–Trinajstić information content (AvgIpc) is 2.39. The molecule has 17 heavy (non-hydrogen) atoms. The van der Waals surface area contributed by atoms with Gasteiger partial charge in [0.25, 0.3) is 0 Å². The summed E-state index contributed by atoms with van der Waals surface area (Å²) in [7, 11) is 0. The number of benzene rings is 1. The molecule has 0 fully saturated rings. The van der Waals surface area contributed by atoms with Gasteiger partial charge in [0, 0.05) is 11.9 Å². The fourth-order valence-corrected chi connectivity index (χ4v) is 2.46. The van der Waals surface area contributed by atoms with Gasteiger partial charge in [0.15, 0.2) is 0 Å². The zero-order chi connectivity index (χ0) is 12.1. The van der Waals surface area contributed by atoms with Gasteiger partial charge < -0.3 is 0 Å². The molecule has 2 rings (SSSR count). The fourth-order valence-electron chi connectivity index (χ4n) is 1.32. The van der Waals surface area contributed by atoms with Crippen LogP contribution >= 0.6 is 27.7 Å². The van der Waals surface area contributed by atoms with E-state index < -0.39 is 0 Å². The molecule has 0 N–H and O–H groups in total. The van der Waals surface area contributed by atoms with Crippen molar-refractivity contribution in [3.05, 3.63) is 58.2 Å². The van der Waals surface area contributed by atoms with Crippen molar-refractivity contribution >= 4 is 27.7 Å². The van der Waals surface area contributed by atoms with Crippen LogP contribution in [-0.2, 0) is 5.75 Å². The molecule has 0 radical (unpaired) electrons. The lowest BCUT2D eigenvalue weighted by Crippen LogP contribution is -1.86. The van der Waals surface area contributed by atoms with Crippen molar-refractivity contribution in [2.24, 2.45) is 0 Å². The molecule has 0 aliphatic heterocycles. The Balaban J connectivity index is 2.08. The molecule has 1 heterocycles. The number of aromatic nitrogens is 1. The van der Waals surface area contributed by atoms with E-state index in [1.54, 1.807) is 24.0 Å². The van der Waals surface area contributed by atoms with Crippen LogP contribution < -0.4 is 0 Å². The summed E-state index contributed by atoms with van der Waals surface area (Å²) < 4.78 is 0.740. The Hall–Kier alpha value is -1.31. The first-order chi connectivity index (χ1) is 8.29. The smallest absolute Gasteiger partial charge is 0.100 e. The standard InChI is InChI=1S/C13H9BrN2S/c14-12-8-16-13(6-11(12)7-15)17-9-10-4-2-1-3-5-10/h1-6,8H,9H2. The van der Waals surface area contributed by atoms with E-state index in [1.165, 1.54) is 5.56 Å². The summed E-state index contributed by atoms with van der Waals surface area (Å²) in [5, 5.41) is 9.78. The summed E-state index contributed by atoms with van der Waals surface area (Å²) in [5.74, 6) is 0.861. The Bertz CT molecular complexity index is 549. The molecule has 0 saturated carbocycles. The number of pyridine rings is 1. The van der Waals surface area contributed by atoms with Crippen LogP contribution in [0.1, 0.15) is 11.1 Å². The second-order valence-electron chi connectivity index (χ2n) is 3.39. The van der Waals surface area contributed by atoms with Crippen molar-refractivity contribution in [1.29, 1.82) is 5.26 Å². The second kappa shape index (κ2) is 5.85. The second-order valence-corrected chi connectivity index (χ2v) is 5.24. The molecule has 4 heteroatoms. The van der Waals surface area contributed by atoms with Gasteiger partial charge >= 0.3 is 0 Å². The minimum atomic E-state index is 0.621. The van der Waals surface area contributed by atoms with Gasteiger partial charge in [0.2, 0.25) is 0 Å². The maximum absolute atomic E-state index is 8.91. The van der Waals surface area contributed by atoms with Crippen LogP contribution in [-0.4, -0.2) is 4.98 Å². The van der Waals surface area contributed by atoms with Crippen LogP contribution in [0.15, 0.2) is 52.1 Å². The first-order valence-corrected chi connectivity index (χ1v) is 6.80. The highest BCUT2D eigenvalue weighted by atomic mass is 79.9. The lowest BCUT2D eigenvalue weighted by atomic mass is 10.2. The molecule has 1 aromatic heterocycles. The summed E-state index contributed by atoms with van der Waals surface area (Å²) in [5.41, 5.74) is 1.87. The van der Waals surface area contributed by atoms with Crippen molar-refractivity contribution < 1.29 is 0 Å². The Kier molecular flexibility index (Phi) is 4.18. The Morgan fingerprint density at radius 2 is 2.06 bits per heavy atom. The Morgan fingerprint density at radius 3 is 2.76 bits per heavy atom. The van der Waals surface area contributed by atoms with Gasteiger partial charge in [-0.2, -0.15) is 5.26 Å².